The number of aromatic nitrogens is 3. The highest BCUT2D eigenvalue weighted by Crippen LogP contribution is 2.39. The Labute approximate surface area is 196 Å². The SMILES string of the molecule is COc1ccc(C)c(N(C)c2ncnn3cc(C)c(C(C)N4CC(C)[C@@](C)([NH])[C@H](O)C4)c23)c1. The van der Waals surface area contributed by atoms with Gasteiger partial charge in [0.2, 0.25) is 0 Å². The van der Waals surface area contributed by atoms with E-state index in [4.69, 9.17) is 10.5 Å². The molecule has 2 N–H and O–H groups in total. The summed E-state index contributed by atoms with van der Waals surface area (Å²) in [5.41, 5.74) is 13.1. The molecule has 1 aliphatic heterocycles. The molecule has 33 heavy (non-hydrogen) atoms. The van der Waals surface area contributed by atoms with E-state index >= 15 is 0 Å². The quantitative estimate of drug-likeness (QED) is 0.638. The summed E-state index contributed by atoms with van der Waals surface area (Å²) in [6.07, 6.45) is 2.92. The number of aryl methyl sites for hydroxylation is 2. The van der Waals surface area contributed by atoms with Gasteiger partial charge in [0.15, 0.2) is 5.82 Å². The summed E-state index contributed by atoms with van der Waals surface area (Å²) in [5.74, 6) is 1.66. The van der Waals surface area contributed by atoms with Gasteiger partial charge in [-0.15, -0.1) is 0 Å². The van der Waals surface area contributed by atoms with Crippen LogP contribution in [0.4, 0.5) is 11.5 Å². The van der Waals surface area contributed by atoms with Gasteiger partial charge in [0.1, 0.15) is 17.6 Å². The first-order valence-electron chi connectivity index (χ1n) is 11.4. The zero-order chi connectivity index (χ0) is 24.1. The van der Waals surface area contributed by atoms with E-state index in [0.29, 0.717) is 6.54 Å². The molecule has 3 aromatic rings. The van der Waals surface area contributed by atoms with Gasteiger partial charge in [-0.05, 0) is 50.8 Å². The minimum Gasteiger partial charge on any atom is -0.497 e. The summed E-state index contributed by atoms with van der Waals surface area (Å²) in [7, 11) is 3.68. The summed E-state index contributed by atoms with van der Waals surface area (Å²) < 4.78 is 7.35. The number of nitrogens with zero attached hydrogens (tertiary/aromatic N) is 5. The van der Waals surface area contributed by atoms with Gasteiger partial charge in [-0.25, -0.2) is 15.2 Å². The van der Waals surface area contributed by atoms with Crippen molar-refractivity contribution in [3.63, 3.8) is 0 Å². The molecular weight excluding hydrogens is 416 g/mol. The number of methoxy groups -OCH3 is 1. The van der Waals surface area contributed by atoms with E-state index < -0.39 is 11.6 Å². The third-order valence-electron chi connectivity index (χ3n) is 7.49. The third kappa shape index (κ3) is 3.96. The highest BCUT2D eigenvalue weighted by atomic mass is 16.5. The zero-order valence-electron chi connectivity index (χ0n) is 20.6. The number of aliphatic hydroxyl groups excluding tert-OH is 1. The molecule has 8 nitrogen and oxygen atoms in total. The Kier molecular flexibility index (Phi) is 6.11. The van der Waals surface area contributed by atoms with Crippen LogP contribution in [0.15, 0.2) is 30.7 Å². The molecule has 2 unspecified atom stereocenters. The Morgan fingerprint density at radius 1 is 1.27 bits per heavy atom. The van der Waals surface area contributed by atoms with Crippen LogP contribution >= 0.6 is 0 Å². The number of β-amino-alcohol motifs (C(OH)–C–C–N with tert-alkyl or cyclic N) is 1. The average molecular weight is 452 g/mol. The number of aliphatic hydroxyl groups is 1. The van der Waals surface area contributed by atoms with Crippen molar-refractivity contribution in [1.29, 1.82) is 0 Å². The minimum atomic E-state index is -0.841. The molecule has 1 fully saturated rings. The smallest absolute Gasteiger partial charge is 0.161 e. The second kappa shape index (κ2) is 8.59. The van der Waals surface area contributed by atoms with Crippen molar-refractivity contribution < 1.29 is 9.84 Å². The Balaban J connectivity index is 1.79. The molecule has 8 heteroatoms. The second-order valence-corrected chi connectivity index (χ2v) is 9.64. The number of piperidine rings is 1. The first kappa shape index (κ1) is 23.5. The first-order chi connectivity index (χ1) is 15.6. The largest absolute Gasteiger partial charge is 0.497 e. The topological polar surface area (TPSA) is 89.9 Å². The maximum atomic E-state index is 10.7. The predicted molar refractivity (Wildman–Crippen MR) is 130 cm³/mol. The number of fused-ring (bicyclic) bond motifs is 1. The van der Waals surface area contributed by atoms with Gasteiger partial charge in [-0.1, -0.05) is 13.0 Å². The van der Waals surface area contributed by atoms with Gasteiger partial charge in [-0.2, -0.15) is 5.10 Å². The van der Waals surface area contributed by atoms with Crippen molar-refractivity contribution >= 4 is 17.0 Å². The van der Waals surface area contributed by atoms with Crippen molar-refractivity contribution in [2.75, 3.05) is 32.1 Å². The van der Waals surface area contributed by atoms with Crippen LogP contribution in [0, 0.1) is 19.8 Å². The van der Waals surface area contributed by atoms with E-state index in [1.807, 2.05) is 49.8 Å². The van der Waals surface area contributed by atoms with Crippen molar-refractivity contribution in [3.8, 4) is 5.75 Å². The highest BCUT2D eigenvalue weighted by Gasteiger charge is 2.43. The lowest BCUT2D eigenvalue weighted by Gasteiger charge is -2.47. The fourth-order valence-electron chi connectivity index (χ4n) is 4.96. The molecule has 1 radical (unpaired) electrons. The number of rotatable bonds is 5. The lowest BCUT2D eigenvalue weighted by molar-refractivity contribution is -0.0368. The Bertz CT molecular complexity index is 1140. The highest BCUT2D eigenvalue weighted by molar-refractivity contribution is 5.80. The number of anilines is 2. The van der Waals surface area contributed by atoms with Crippen LogP contribution in [-0.2, 0) is 0 Å². The normalized spacial score (nSPS) is 24.8. The fraction of sp³-hybridized carbons (Fsp3) is 0.520. The van der Waals surface area contributed by atoms with Crippen molar-refractivity contribution in [2.45, 2.75) is 52.3 Å². The number of benzene rings is 1. The van der Waals surface area contributed by atoms with Crippen LogP contribution in [0.2, 0.25) is 0 Å². The molecule has 4 rings (SSSR count). The lowest BCUT2D eigenvalue weighted by atomic mass is 9.78. The van der Waals surface area contributed by atoms with E-state index in [1.165, 1.54) is 0 Å². The number of ether oxygens (including phenoxy) is 1. The van der Waals surface area contributed by atoms with Gasteiger partial charge in [0.05, 0.1) is 18.8 Å². The maximum absolute atomic E-state index is 10.7. The summed E-state index contributed by atoms with van der Waals surface area (Å²) >= 11 is 0. The number of nitrogens with one attached hydrogen (secondary N) is 1. The number of hydrogen-bond acceptors (Lipinski definition) is 6. The van der Waals surface area contributed by atoms with Crippen molar-refractivity contribution in [1.82, 2.24) is 25.2 Å². The van der Waals surface area contributed by atoms with Gasteiger partial charge >= 0.3 is 0 Å². The molecule has 0 amide bonds. The summed E-state index contributed by atoms with van der Waals surface area (Å²) in [6, 6.07) is 6.06. The van der Waals surface area contributed by atoms with Gasteiger partial charge in [-0.3, -0.25) is 4.90 Å². The second-order valence-electron chi connectivity index (χ2n) is 9.64. The third-order valence-corrected chi connectivity index (χ3v) is 7.49. The maximum Gasteiger partial charge on any atom is 0.161 e. The van der Waals surface area contributed by atoms with Crippen LogP contribution in [0.1, 0.15) is 43.5 Å². The molecular formula is C25H35N6O2. The predicted octanol–water partition coefficient (Wildman–Crippen LogP) is 3.54. The van der Waals surface area contributed by atoms with E-state index in [2.05, 4.69) is 40.7 Å². The van der Waals surface area contributed by atoms with Gasteiger partial charge in [0, 0.05) is 49.7 Å². The van der Waals surface area contributed by atoms with Crippen molar-refractivity contribution in [3.05, 3.63) is 47.4 Å². The summed E-state index contributed by atoms with van der Waals surface area (Å²) in [6.45, 7) is 11.4. The van der Waals surface area contributed by atoms with Crippen LogP contribution in [0.25, 0.3) is 5.52 Å². The first-order valence-corrected chi connectivity index (χ1v) is 11.4. The Hall–Kier alpha value is -2.68. The standard InChI is InChI=1S/C25H35N6O2/c1-15-8-9-19(33-7)10-20(15)29(6)24-23-22(16(2)11-31(23)28-14-27-24)18(4)30-12-17(3)25(5,26)21(32)13-30/h8-11,14,17-18,21,26,32H,12-13H2,1-7H3/t17?,18?,21-,25-/m1/s1. The Morgan fingerprint density at radius 2 is 2.00 bits per heavy atom. The monoisotopic (exact) mass is 451 g/mol. The van der Waals surface area contributed by atoms with Gasteiger partial charge < -0.3 is 14.7 Å². The molecule has 0 bridgehead atoms. The minimum absolute atomic E-state index is 0.0350. The molecule has 1 aromatic carbocycles. The van der Waals surface area contributed by atoms with Crippen LogP contribution < -0.4 is 15.4 Å². The molecule has 2 aromatic heterocycles. The molecule has 177 valence electrons. The summed E-state index contributed by atoms with van der Waals surface area (Å²) in [4.78, 5) is 9.05. The van der Waals surface area contributed by atoms with Crippen molar-refractivity contribution in [2.24, 2.45) is 5.92 Å². The summed E-state index contributed by atoms with van der Waals surface area (Å²) in [5, 5.41) is 15.2. The average Bonchev–Trinajstić information content (AvgIpc) is 3.12. The number of hydrogen-bond donors (Lipinski definition) is 1. The van der Waals surface area contributed by atoms with E-state index in [1.54, 1.807) is 13.4 Å². The van der Waals surface area contributed by atoms with Gasteiger partial charge in [0.25, 0.3) is 0 Å². The number of likely N-dealkylation sites (tertiary alicyclic amines) is 1. The molecule has 4 atom stereocenters. The molecule has 3 heterocycles. The van der Waals surface area contributed by atoms with Crippen LogP contribution in [0.3, 0.4) is 0 Å². The molecule has 0 saturated carbocycles. The molecule has 0 aliphatic carbocycles. The zero-order valence-corrected chi connectivity index (χ0v) is 20.6. The molecule has 1 saturated heterocycles. The Morgan fingerprint density at radius 3 is 2.67 bits per heavy atom. The van der Waals surface area contributed by atoms with Crippen LogP contribution in [-0.4, -0.2) is 63.5 Å². The van der Waals surface area contributed by atoms with E-state index in [9.17, 15) is 5.11 Å². The lowest BCUT2D eigenvalue weighted by Crippen LogP contribution is -2.60. The van der Waals surface area contributed by atoms with Crippen LogP contribution in [0.5, 0.6) is 5.75 Å². The molecule has 1 aliphatic rings. The van der Waals surface area contributed by atoms with E-state index in [-0.39, 0.29) is 12.0 Å². The fourth-order valence-corrected chi connectivity index (χ4v) is 4.96. The van der Waals surface area contributed by atoms with E-state index in [0.717, 1.165) is 46.0 Å². The molecule has 0 spiro atoms.